The van der Waals surface area contributed by atoms with Crippen molar-refractivity contribution in [3.05, 3.63) is 29.5 Å². The highest BCUT2D eigenvalue weighted by Crippen LogP contribution is 2.23. The number of hydrogen-bond acceptors (Lipinski definition) is 2. The average Bonchev–Trinajstić information content (AvgIpc) is 2.66. The highest BCUT2D eigenvalue weighted by molar-refractivity contribution is 5.83. The minimum Gasteiger partial charge on any atom is -0.262 e. The van der Waals surface area contributed by atoms with E-state index in [2.05, 4.69) is 31.9 Å². The first-order valence-electron chi connectivity index (χ1n) is 5.58. The molecule has 1 aromatic carbocycles. The molecule has 2 rings (SSSR count). The standard InChI is InChI=1S/C13H15N3/c1-4-12-11-7-10(8-14)5-6-13(11)16(15-12)9(2)3/h5-7,9H,4H2,1-3H3. The van der Waals surface area contributed by atoms with Gasteiger partial charge in [0.05, 0.1) is 22.8 Å². The summed E-state index contributed by atoms with van der Waals surface area (Å²) >= 11 is 0. The first-order valence-corrected chi connectivity index (χ1v) is 5.58. The van der Waals surface area contributed by atoms with Gasteiger partial charge in [0.2, 0.25) is 0 Å². The smallest absolute Gasteiger partial charge is 0.0991 e. The lowest BCUT2D eigenvalue weighted by atomic mass is 10.1. The minimum atomic E-state index is 0.343. The predicted molar refractivity (Wildman–Crippen MR) is 64.2 cm³/mol. The molecule has 16 heavy (non-hydrogen) atoms. The summed E-state index contributed by atoms with van der Waals surface area (Å²) in [7, 11) is 0. The molecule has 0 saturated carbocycles. The Morgan fingerprint density at radius 2 is 2.19 bits per heavy atom. The molecule has 0 aliphatic heterocycles. The van der Waals surface area contributed by atoms with E-state index in [0.29, 0.717) is 11.6 Å². The van der Waals surface area contributed by atoms with E-state index < -0.39 is 0 Å². The normalized spacial score (nSPS) is 10.9. The number of benzene rings is 1. The molecule has 3 nitrogen and oxygen atoms in total. The van der Waals surface area contributed by atoms with Crippen molar-refractivity contribution in [1.82, 2.24) is 9.78 Å². The SMILES string of the molecule is CCc1nn(C(C)C)c2ccc(C#N)cc12. The van der Waals surface area contributed by atoms with Gasteiger partial charge < -0.3 is 0 Å². The first-order chi connectivity index (χ1) is 7.67. The third kappa shape index (κ3) is 1.57. The minimum absolute atomic E-state index is 0.343. The number of nitriles is 1. The van der Waals surface area contributed by atoms with E-state index in [1.807, 2.05) is 22.9 Å². The molecule has 3 heteroatoms. The van der Waals surface area contributed by atoms with Gasteiger partial charge in [-0.1, -0.05) is 6.92 Å². The van der Waals surface area contributed by atoms with Gasteiger partial charge in [0.1, 0.15) is 0 Å². The summed E-state index contributed by atoms with van der Waals surface area (Å²) in [6.45, 7) is 6.32. The Morgan fingerprint density at radius 1 is 1.44 bits per heavy atom. The third-order valence-corrected chi connectivity index (χ3v) is 2.74. The summed E-state index contributed by atoms with van der Waals surface area (Å²) in [6, 6.07) is 8.28. The lowest BCUT2D eigenvalue weighted by Gasteiger charge is -2.06. The first kappa shape index (κ1) is 10.7. The van der Waals surface area contributed by atoms with Crippen LogP contribution in [0.1, 0.15) is 38.1 Å². The Labute approximate surface area is 95.3 Å². The van der Waals surface area contributed by atoms with Crippen LogP contribution < -0.4 is 0 Å². The molecule has 1 heterocycles. The van der Waals surface area contributed by atoms with Crippen molar-refractivity contribution >= 4 is 10.9 Å². The molecule has 1 aromatic heterocycles. The second-order valence-electron chi connectivity index (χ2n) is 4.18. The highest BCUT2D eigenvalue weighted by Gasteiger charge is 2.11. The zero-order chi connectivity index (χ0) is 11.7. The fraction of sp³-hybridized carbons (Fsp3) is 0.385. The van der Waals surface area contributed by atoms with Gasteiger partial charge in [0.25, 0.3) is 0 Å². The summed E-state index contributed by atoms with van der Waals surface area (Å²) in [5, 5.41) is 14.6. The van der Waals surface area contributed by atoms with E-state index in [4.69, 9.17) is 5.26 Å². The van der Waals surface area contributed by atoms with Crippen molar-refractivity contribution in [3.8, 4) is 6.07 Å². The van der Waals surface area contributed by atoms with Crippen molar-refractivity contribution in [3.63, 3.8) is 0 Å². The molecule has 2 aromatic rings. The molecule has 0 unspecified atom stereocenters. The van der Waals surface area contributed by atoms with Crippen LogP contribution in [0.2, 0.25) is 0 Å². The zero-order valence-electron chi connectivity index (χ0n) is 9.86. The Hall–Kier alpha value is -1.82. The maximum Gasteiger partial charge on any atom is 0.0991 e. The van der Waals surface area contributed by atoms with E-state index in [9.17, 15) is 0 Å². The topological polar surface area (TPSA) is 41.6 Å². The van der Waals surface area contributed by atoms with Crippen LogP contribution in [0.15, 0.2) is 18.2 Å². The van der Waals surface area contributed by atoms with E-state index in [1.165, 1.54) is 0 Å². The quantitative estimate of drug-likeness (QED) is 0.769. The summed E-state index contributed by atoms with van der Waals surface area (Å²) < 4.78 is 2.02. The number of rotatable bonds is 2. The van der Waals surface area contributed by atoms with Crippen LogP contribution in [0.4, 0.5) is 0 Å². The van der Waals surface area contributed by atoms with Crippen LogP contribution in [-0.2, 0) is 6.42 Å². The molecule has 0 radical (unpaired) electrons. The van der Waals surface area contributed by atoms with Crippen molar-refractivity contribution in [2.75, 3.05) is 0 Å². The molecular formula is C13H15N3. The molecule has 0 atom stereocenters. The average molecular weight is 213 g/mol. The molecule has 0 saturated heterocycles. The molecule has 0 spiro atoms. The van der Waals surface area contributed by atoms with E-state index in [-0.39, 0.29) is 0 Å². The zero-order valence-corrected chi connectivity index (χ0v) is 9.86. The summed E-state index contributed by atoms with van der Waals surface area (Å²) in [6.07, 6.45) is 0.894. The van der Waals surface area contributed by atoms with E-state index in [0.717, 1.165) is 23.0 Å². The van der Waals surface area contributed by atoms with Crippen molar-refractivity contribution < 1.29 is 0 Å². The fourth-order valence-corrected chi connectivity index (χ4v) is 1.93. The van der Waals surface area contributed by atoms with Crippen molar-refractivity contribution in [1.29, 1.82) is 5.26 Å². The Kier molecular flexibility index (Phi) is 2.66. The number of nitrogens with zero attached hydrogens (tertiary/aromatic N) is 3. The van der Waals surface area contributed by atoms with Gasteiger partial charge in [-0.3, -0.25) is 4.68 Å². The van der Waals surface area contributed by atoms with Gasteiger partial charge in [-0.15, -0.1) is 0 Å². The van der Waals surface area contributed by atoms with Gasteiger partial charge in [0, 0.05) is 11.4 Å². The molecule has 0 bridgehead atoms. The van der Waals surface area contributed by atoms with Crippen molar-refractivity contribution in [2.45, 2.75) is 33.2 Å². The molecule has 0 amide bonds. The van der Waals surface area contributed by atoms with Crippen LogP contribution in [0, 0.1) is 11.3 Å². The second-order valence-corrected chi connectivity index (χ2v) is 4.18. The number of hydrogen-bond donors (Lipinski definition) is 0. The molecule has 0 aliphatic rings. The van der Waals surface area contributed by atoms with Crippen LogP contribution in [-0.4, -0.2) is 9.78 Å². The van der Waals surface area contributed by atoms with E-state index >= 15 is 0 Å². The van der Waals surface area contributed by atoms with Crippen LogP contribution >= 0.6 is 0 Å². The third-order valence-electron chi connectivity index (χ3n) is 2.74. The predicted octanol–water partition coefficient (Wildman–Crippen LogP) is 3.05. The molecule has 0 fully saturated rings. The summed E-state index contributed by atoms with van der Waals surface area (Å²) in [4.78, 5) is 0. The maximum atomic E-state index is 8.90. The van der Waals surface area contributed by atoms with Gasteiger partial charge in [-0.05, 0) is 38.5 Å². The molecule has 0 N–H and O–H groups in total. The van der Waals surface area contributed by atoms with Crippen LogP contribution in [0.5, 0.6) is 0 Å². The summed E-state index contributed by atoms with van der Waals surface area (Å²) in [5.74, 6) is 0. The maximum absolute atomic E-state index is 8.90. The monoisotopic (exact) mass is 213 g/mol. The van der Waals surface area contributed by atoms with E-state index in [1.54, 1.807) is 0 Å². The number of aryl methyl sites for hydroxylation is 1. The second kappa shape index (κ2) is 3.97. The van der Waals surface area contributed by atoms with Gasteiger partial charge in [-0.25, -0.2) is 0 Å². The van der Waals surface area contributed by atoms with Crippen molar-refractivity contribution in [2.24, 2.45) is 0 Å². The molecule has 0 aliphatic carbocycles. The van der Waals surface area contributed by atoms with Gasteiger partial charge in [-0.2, -0.15) is 10.4 Å². The van der Waals surface area contributed by atoms with Crippen LogP contribution in [0.3, 0.4) is 0 Å². The summed E-state index contributed by atoms with van der Waals surface area (Å²) in [5.41, 5.74) is 2.89. The Bertz CT molecular complexity index is 558. The van der Waals surface area contributed by atoms with Crippen LogP contribution in [0.25, 0.3) is 10.9 Å². The Balaban J connectivity index is 2.75. The Morgan fingerprint density at radius 3 is 2.75 bits per heavy atom. The van der Waals surface area contributed by atoms with Gasteiger partial charge >= 0.3 is 0 Å². The molecular weight excluding hydrogens is 198 g/mol. The lowest BCUT2D eigenvalue weighted by molar-refractivity contribution is 0.544. The van der Waals surface area contributed by atoms with Gasteiger partial charge in [0.15, 0.2) is 0 Å². The highest BCUT2D eigenvalue weighted by atomic mass is 15.3. The molecule has 82 valence electrons. The number of fused-ring (bicyclic) bond motifs is 1. The lowest BCUT2D eigenvalue weighted by Crippen LogP contribution is -2.02. The largest absolute Gasteiger partial charge is 0.262 e. The number of aromatic nitrogens is 2. The fourth-order valence-electron chi connectivity index (χ4n) is 1.93.